The molecule has 0 atom stereocenters. The van der Waals surface area contributed by atoms with Gasteiger partial charge in [-0.05, 0) is 96.7 Å². The highest BCUT2D eigenvalue weighted by Gasteiger charge is 2.18. The largest absolute Gasteiger partial charge is 0.256 e. The summed E-state index contributed by atoms with van der Waals surface area (Å²) in [5, 5.41) is 9.99. The molecule has 52 heavy (non-hydrogen) atoms. The van der Waals surface area contributed by atoms with E-state index in [1.807, 2.05) is 30.5 Å². The Morgan fingerprint density at radius 1 is 0.288 bits per heavy atom. The summed E-state index contributed by atoms with van der Waals surface area (Å²) in [6.07, 6.45) is 1.85. The van der Waals surface area contributed by atoms with Crippen LogP contribution in [-0.4, -0.2) is 15.0 Å². The van der Waals surface area contributed by atoms with Crippen molar-refractivity contribution < 1.29 is 0 Å². The van der Waals surface area contributed by atoms with E-state index >= 15 is 0 Å². The van der Waals surface area contributed by atoms with Crippen LogP contribution in [-0.2, 0) is 0 Å². The zero-order chi connectivity index (χ0) is 34.4. The van der Waals surface area contributed by atoms with Crippen LogP contribution in [0.15, 0.2) is 188 Å². The third-order valence-electron chi connectivity index (χ3n) is 10.1. The van der Waals surface area contributed by atoms with E-state index < -0.39 is 0 Å². The number of rotatable bonds is 5. The summed E-state index contributed by atoms with van der Waals surface area (Å²) >= 11 is 0. The predicted octanol–water partition coefficient (Wildman–Crippen LogP) is 12.8. The molecule has 0 aliphatic carbocycles. The highest BCUT2D eigenvalue weighted by Crippen LogP contribution is 2.44. The summed E-state index contributed by atoms with van der Waals surface area (Å²) < 4.78 is 0. The summed E-state index contributed by atoms with van der Waals surface area (Å²) in [6, 6.07) is 64.3. The van der Waals surface area contributed by atoms with Gasteiger partial charge in [-0.3, -0.25) is 4.98 Å². The van der Waals surface area contributed by atoms with E-state index in [9.17, 15) is 0 Å². The van der Waals surface area contributed by atoms with Gasteiger partial charge in [-0.15, -0.1) is 0 Å². The molecule has 2 heterocycles. The molecular formula is C49H31N3. The lowest BCUT2D eigenvalue weighted by Crippen LogP contribution is -1.97. The van der Waals surface area contributed by atoms with Crippen molar-refractivity contribution in [3.8, 4) is 56.3 Å². The van der Waals surface area contributed by atoms with Crippen LogP contribution < -0.4 is 0 Å². The SMILES string of the molecule is c1ccc(-c2cc(-c3ccccc3)nc(-c3cc(-c4ccccn4)cc(-c4cc5c6ccccc6c6ccccc6c5c5ccccc45)c3)n2)cc1. The number of hydrogen-bond acceptors (Lipinski definition) is 3. The zero-order valence-corrected chi connectivity index (χ0v) is 28.2. The van der Waals surface area contributed by atoms with Crippen LogP contribution in [0.25, 0.3) is 99.4 Å². The van der Waals surface area contributed by atoms with Crippen LogP contribution in [0.1, 0.15) is 0 Å². The second kappa shape index (κ2) is 12.4. The van der Waals surface area contributed by atoms with Crippen LogP contribution >= 0.6 is 0 Å². The topological polar surface area (TPSA) is 38.7 Å². The average molecular weight is 662 g/mol. The van der Waals surface area contributed by atoms with E-state index in [4.69, 9.17) is 15.0 Å². The Morgan fingerprint density at radius 3 is 1.38 bits per heavy atom. The first kappa shape index (κ1) is 29.9. The molecule has 8 aromatic carbocycles. The van der Waals surface area contributed by atoms with Crippen molar-refractivity contribution in [2.75, 3.05) is 0 Å². The van der Waals surface area contributed by atoms with Crippen LogP contribution in [0.2, 0.25) is 0 Å². The standard InChI is InChI=1S/C49H31N3/c1-3-15-32(16-4-1)46-31-47(33-17-5-2-6-18-33)52-49(51-46)36-28-34(27-35(29-36)45-25-13-14-26-50-45)43-30-44-39-21-8-7-19-37(39)38-20-9-11-23-41(38)48(44)42-24-12-10-22-40(42)43/h1-31H. The Hall–Kier alpha value is -6.97. The van der Waals surface area contributed by atoms with Gasteiger partial charge in [0.25, 0.3) is 0 Å². The van der Waals surface area contributed by atoms with Gasteiger partial charge in [0, 0.05) is 28.5 Å². The number of aromatic nitrogens is 3. The molecule has 10 rings (SSSR count). The Balaban J connectivity index is 1.29. The number of hydrogen-bond donors (Lipinski definition) is 0. The average Bonchev–Trinajstić information content (AvgIpc) is 3.24. The fraction of sp³-hybridized carbons (Fsp3) is 0. The molecule has 0 spiro atoms. The van der Waals surface area contributed by atoms with Crippen LogP contribution in [0.5, 0.6) is 0 Å². The molecule has 2 aromatic heterocycles. The van der Waals surface area contributed by atoms with Gasteiger partial charge in [0.1, 0.15) is 0 Å². The van der Waals surface area contributed by atoms with Crippen LogP contribution in [0.4, 0.5) is 0 Å². The molecule has 0 N–H and O–H groups in total. The summed E-state index contributed by atoms with van der Waals surface area (Å²) in [5.74, 6) is 0.667. The molecule has 0 aliphatic heterocycles. The fourth-order valence-electron chi connectivity index (χ4n) is 7.69. The molecule has 0 aliphatic rings. The van der Waals surface area contributed by atoms with Crippen molar-refractivity contribution in [3.05, 3.63) is 188 Å². The van der Waals surface area contributed by atoms with Crippen molar-refractivity contribution in [2.45, 2.75) is 0 Å². The van der Waals surface area contributed by atoms with Gasteiger partial charge in [0.05, 0.1) is 17.1 Å². The summed E-state index contributed by atoms with van der Waals surface area (Å²) in [7, 11) is 0. The molecule has 3 heteroatoms. The van der Waals surface area contributed by atoms with E-state index in [0.717, 1.165) is 50.5 Å². The van der Waals surface area contributed by atoms with Crippen molar-refractivity contribution in [3.63, 3.8) is 0 Å². The lowest BCUT2D eigenvalue weighted by molar-refractivity contribution is 1.18. The quantitative estimate of drug-likeness (QED) is 0.172. The van der Waals surface area contributed by atoms with Crippen molar-refractivity contribution in [1.29, 1.82) is 0 Å². The molecule has 0 saturated carbocycles. The number of pyridine rings is 1. The van der Waals surface area contributed by atoms with Gasteiger partial charge < -0.3 is 0 Å². The Bertz CT molecular complexity index is 2880. The molecule has 242 valence electrons. The maximum absolute atomic E-state index is 5.22. The minimum atomic E-state index is 0.667. The minimum Gasteiger partial charge on any atom is -0.256 e. The van der Waals surface area contributed by atoms with Crippen LogP contribution in [0.3, 0.4) is 0 Å². The molecule has 0 unspecified atom stereocenters. The maximum atomic E-state index is 5.22. The molecule has 10 aromatic rings. The Labute approximate surface area is 301 Å². The van der Waals surface area contributed by atoms with Gasteiger partial charge in [0.15, 0.2) is 5.82 Å². The minimum absolute atomic E-state index is 0.667. The van der Waals surface area contributed by atoms with Crippen molar-refractivity contribution in [1.82, 2.24) is 15.0 Å². The number of fused-ring (bicyclic) bond motifs is 8. The lowest BCUT2D eigenvalue weighted by Gasteiger charge is -2.17. The monoisotopic (exact) mass is 661 g/mol. The second-order valence-electron chi connectivity index (χ2n) is 13.2. The van der Waals surface area contributed by atoms with Gasteiger partial charge in [-0.2, -0.15) is 0 Å². The molecule has 0 bridgehead atoms. The van der Waals surface area contributed by atoms with Crippen molar-refractivity contribution in [2.24, 2.45) is 0 Å². The van der Waals surface area contributed by atoms with Crippen LogP contribution in [0, 0.1) is 0 Å². The molecule has 0 fully saturated rings. The Morgan fingerprint density at radius 2 is 0.769 bits per heavy atom. The molecule has 0 radical (unpaired) electrons. The number of benzene rings is 8. The third-order valence-corrected chi connectivity index (χ3v) is 10.1. The van der Waals surface area contributed by atoms with Gasteiger partial charge >= 0.3 is 0 Å². The van der Waals surface area contributed by atoms with Crippen molar-refractivity contribution >= 4 is 43.1 Å². The van der Waals surface area contributed by atoms with Gasteiger partial charge in [-0.25, -0.2) is 9.97 Å². The third kappa shape index (κ3) is 5.10. The molecule has 0 saturated heterocycles. The summed E-state index contributed by atoms with van der Waals surface area (Å²) in [5.41, 5.74) is 8.93. The van der Waals surface area contributed by atoms with Gasteiger partial charge in [-0.1, -0.05) is 140 Å². The maximum Gasteiger partial charge on any atom is 0.160 e. The summed E-state index contributed by atoms with van der Waals surface area (Å²) in [4.78, 5) is 15.2. The fourth-order valence-corrected chi connectivity index (χ4v) is 7.69. The first-order chi connectivity index (χ1) is 25.8. The predicted molar refractivity (Wildman–Crippen MR) is 217 cm³/mol. The van der Waals surface area contributed by atoms with E-state index in [1.54, 1.807) is 0 Å². The normalized spacial score (nSPS) is 11.5. The highest BCUT2D eigenvalue weighted by molar-refractivity contribution is 6.33. The molecular weight excluding hydrogens is 631 g/mol. The summed E-state index contributed by atoms with van der Waals surface area (Å²) in [6.45, 7) is 0. The first-order valence-electron chi connectivity index (χ1n) is 17.6. The lowest BCUT2D eigenvalue weighted by atomic mass is 9.86. The Kier molecular flexibility index (Phi) is 7.14. The van der Waals surface area contributed by atoms with Gasteiger partial charge in [0.2, 0.25) is 0 Å². The highest BCUT2D eigenvalue weighted by atomic mass is 14.9. The molecule has 0 amide bonds. The van der Waals surface area contributed by atoms with E-state index in [1.165, 1.54) is 43.1 Å². The zero-order valence-electron chi connectivity index (χ0n) is 28.2. The first-order valence-corrected chi connectivity index (χ1v) is 17.6. The van der Waals surface area contributed by atoms with E-state index in [0.29, 0.717) is 5.82 Å². The smallest absolute Gasteiger partial charge is 0.160 e. The molecule has 3 nitrogen and oxygen atoms in total. The number of nitrogens with zero attached hydrogens (tertiary/aromatic N) is 3. The van der Waals surface area contributed by atoms with E-state index in [2.05, 4.69) is 158 Å². The second-order valence-corrected chi connectivity index (χ2v) is 13.2. The van der Waals surface area contributed by atoms with E-state index in [-0.39, 0.29) is 0 Å².